The summed E-state index contributed by atoms with van der Waals surface area (Å²) in [5.41, 5.74) is 8.57. The van der Waals surface area contributed by atoms with Gasteiger partial charge in [-0.1, -0.05) is 0 Å². The summed E-state index contributed by atoms with van der Waals surface area (Å²) in [7, 11) is 0. The van der Waals surface area contributed by atoms with E-state index >= 15 is 0 Å². The zero-order valence-corrected chi connectivity index (χ0v) is 10.6. The third kappa shape index (κ3) is 2.34. The maximum Gasteiger partial charge on any atom is 0.136 e. The highest BCUT2D eigenvalue weighted by molar-refractivity contribution is 5.62. The lowest BCUT2D eigenvalue weighted by atomic mass is 10.0. The summed E-state index contributed by atoms with van der Waals surface area (Å²) in [5, 5.41) is 9.64. The standard InChI is InChI=1S/C14H17N3O2/c15-7-12(18)14-16-8-11(17-14)9-3-4-13-10(6-9)2-1-5-19-13/h3-4,6,8,12,18H,1-2,5,7,15H2,(H,16,17). The third-order valence-corrected chi connectivity index (χ3v) is 3.35. The fourth-order valence-corrected chi connectivity index (χ4v) is 2.29. The Kier molecular flexibility index (Phi) is 3.23. The van der Waals surface area contributed by atoms with Gasteiger partial charge in [0.05, 0.1) is 18.5 Å². The number of aliphatic hydroxyl groups is 1. The van der Waals surface area contributed by atoms with Crippen molar-refractivity contribution in [3.63, 3.8) is 0 Å². The summed E-state index contributed by atoms with van der Waals surface area (Å²) >= 11 is 0. The van der Waals surface area contributed by atoms with Crippen molar-refractivity contribution in [3.8, 4) is 17.0 Å². The molecule has 1 aliphatic heterocycles. The molecule has 0 saturated heterocycles. The molecule has 0 spiro atoms. The van der Waals surface area contributed by atoms with Crippen LogP contribution in [-0.4, -0.2) is 28.2 Å². The van der Waals surface area contributed by atoms with E-state index in [1.807, 2.05) is 12.1 Å². The van der Waals surface area contributed by atoms with E-state index in [9.17, 15) is 5.11 Å². The highest BCUT2D eigenvalue weighted by Crippen LogP contribution is 2.29. The number of rotatable bonds is 3. The number of H-pyrrole nitrogens is 1. The van der Waals surface area contributed by atoms with Crippen LogP contribution in [0.2, 0.25) is 0 Å². The number of ether oxygens (including phenoxy) is 1. The number of nitrogens with zero attached hydrogens (tertiary/aromatic N) is 1. The van der Waals surface area contributed by atoms with E-state index < -0.39 is 6.10 Å². The van der Waals surface area contributed by atoms with Gasteiger partial charge in [0.15, 0.2) is 0 Å². The topological polar surface area (TPSA) is 84.2 Å². The molecule has 3 rings (SSSR count). The molecule has 0 aliphatic carbocycles. The van der Waals surface area contributed by atoms with Gasteiger partial charge in [-0.2, -0.15) is 0 Å². The predicted octanol–water partition coefficient (Wildman–Crippen LogP) is 1.39. The number of benzene rings is 1. The number of aromatic nitrogens is 2. The molecule has 1 aromatic heterocycles. The summed E-state index contributed by atoms with van der Waals surface area (Å²) in [6, 6.07) is 6.10. The second-order valence-electron chi connectivity index (χ2n) is 4.71. The number of nitrogens with one attached hydrogen (secondary N) is 1. The maximum absolute atomic E-state index is 9.64. The number of imidazole rings is 1. The van der Waals surface area contributed by atoms with Crippen LogP contribution in [-0.2, 0) is 6.42 Å². The Bertz CT molecular complexity index is 580. The summed E-state index contributed by atoms with van der Waals surface area (Å²) < 4.78 is 5.59. The summed E-state index contributed by atoms with van der Waals surface area (Å²) in [4.78, 5) is 7.26. The number of nitrogens with two attached hydrogens (primary N) is 1. The first-order valence-corrected chi connectivity index (χ1v) is 6.47. The van der Waals surface area contributed by atoms with Gasteiger partial charge in [0.2, 0.25) is 0 Å². The van der Waals surface area contributed by atoms with Crippen molar-refractivity contribution in [2.75, 3.05) is 13.2 Å². The lowest BCUT2D eigenvalue weighted by Gasteiger charge is -2.17. The van der Waals surface area contributed by atoms with Crippen LogP contribution in [0.15, 0.2) is 24.4 Å². The van der Waals surface area contributed by atoms with Gasteiger partial charge < -0.3 is 20.6 Å². The number of aromatic amines is 1. The van der Waals surface area contributed by atoms with Gasteiger partial charge in [0.25, 0.3) is 0 Å². The highest BCUT2D eigenvalue weighted by atomic mass is 16.5. The zero-order valence-electron chi connectivity index (χ0n) is 10.6. The Morgan fingerprint density at radius 1 is 1.47 bits per heavy atom. The molecule has 100 valence electrons. The van der Waals surface area contributed by atoms with Crippen molar-refractivity contribution in [1.29, 1.82) is 0 Å². The minimum atomic E-state index is -0.741. The van der Waals surface area contributed by atoms with E-state index in [1.54, 1.807) is 6.20 Å². The quantitative estimate of drug-likeness (QED) is 0.777. The van der Waals surface area contributed by atoms with Crippen LogP contribution >= 0.6 is 0 Å². The SMILES string of the molecule is NCC(O)c1ncc(-c2ccc3c(c2)CCCO3)[nH]1. The zero-order chi connectivity index (χ0) is 13.2. The van der Waals surface area contributed by atoms with E-state index in [2.05, 4.69) is 16.0 Å². The second kappa shape index (κ2) is 5.03. The first-order valence-electron chi connectivity index (χ1n) is 6.47. The van der Waals surface area contributed by atoms with Crippen molar-refractivity contribution >= 4 is 0 Å². The molecule has 5 heteroatoms. The fraction of sp³-hybridized carbons (Fsp3) is 0.357. The number of fused-ring (bicyclic) bond motifs is 1. The van der Waals surface area contributed by atoms with Gasteiger partial charge in [0, 0.05) is 12.1 Å². The Hall–Kier alpha value is -1.85. The van der Waals surface area contributed by atoms with Crippen LogP contribution in [0.4, 0.5) is 0 Å². The normalized spacial score (nSPS) is 15.7. The van der Waals surface area contributed by atoms with Gasteiger partial charge in [-0.05, 0) is 36.6 Å². The van der Waals surface area contributed by atoms with Crippen molar-refractivity contribution in [2.45, 2.75) is 18.9 Å². The first kappa shape index (κ1) is 12.2. The molecular formula is C14H17N3O2. The van der Waals surface area contributed by atoms with Gasteiger partial charge in [-0.3, -0.25) is 0 Å². The van der Waals surface area contributed by atoms with E-state index in [-0.39, 0.29) is 6.54 Å². The van der Waals surface area contributed by atoms with Crippen molar-refractivity contribution in [3.05, 3.63) is 35.8 Å². The first-order chi connectivity index (χ1) is 9.28. The molecule has 0 amide bonds. The summed E-state index contributed by atoms with van der Waals surface area (Å²) in [6.45, 7) is 0.953. The lowest BCUT2D eigenvalue weighted by molar-refractivity contribution is 0.177. The van der Waals surface area contributed by atoms with Crippen LogP contribution < -0.4 is 10.5 Å². The van der Waals surface area contributed by atoms with Crippen LogP contribution in [0.3, 0.4) is 0 Å². The van der Waals surface area contributed by atoms with E-state index in [1.165, 1.54) is 5.56 Å². The minimum Gasteiger partial charge on any atom is -0.493 e. The Balaban J connectivity index is 1.91. The summed E-state index contributed by atoms with van der Waals surface area (Å²) in [6.07, 6.45) is 3.07. The molecule has 4 N–H and O–H groups in total. The van der Waals surface area contributed by atoms with Crippen molar-refractivity contribution in [2.24, 2.45) is 5.73 Å². The molecule has 1 aliphatic rings. The van der Waals surface area contributed by atoms with E-state index in [0.29, 0.717) is 5.82 Å². The van der Waals surface area contributed by atoms with Crippen LogP contribution in [0.5, 0.6) is 5.75 Å². The molecule has 19 heavy (non-hydrogen) atoms. The average molecular weight is 259 g/mol. The molecule has 1 unspecified atom stereocenters. The van der Waals surface area contributed by atoms with Crippen molar-refractivity contribution in [1.82, 2.24) is 9.97 Å². The largest absolute Gasteiger partial charge is 0.493 e. The molecule has 2 heterocycles. The molecule has 5 nitrogen and oxygen atoms in total. The molecule has 1 aromatic carbocycles. The molecular weight excluding hydrogens is 242 g/mol. The Labute approximate surface area is 111 Å². The van der Waals surface area contributed by atoms with E-state index in [0.717, 1.165) is 36.5 Å². The monoisotopic (exact) mass is 259 g/mol. The molecule has 0 bridgehead atoms. The molecule has 1 atom stereocenters. The van der Waals surface area contributed by atoms with Crippen molar-refractivity contribution < 1.29 is 9.84 Å². The fourth-order valence-electron chi connectivity index (χ4n) is 2.29. The van der Waals surface area contributed by atoms with Gasteiger partial charge in [0.1, 0.15) is 17.7 Å². The lowest BCUT2D eigenvalue weighted by Crippen LogP contribution is -2.12. The van der Waals surface area contributed by atoms with Gasteiger partial charge in [-0.25, -0.2) is 4.98 Å². The molecule has 0 fully saturated rings. The number of aliphatic hydroxyl groups excluding tert-OH is 1. The smallest absolute Gasteiger partial charge is 0.136 e. The molecule has 2 aromatic rings. The summed E-state index contributed by atoms with van der Waals surface area (Å²) in [5.74, 6) is 1.48. The van der Waals surface area contributed by atoms with Crippen LogP contribution in [0.1, 0.15) is 23.9 Å². The maximum atomic E-state index is 9.64. The minimum absolute atomic E-state index is 0.158. The Morgan fingerprint density at radius 2 is 2.37 bits per heavy atom. The Morgan fingerprint density at radius 3 is 3.21 bits per heavy atom. The predicted molar refractivity (Wildman–Crippen MR) is 71.9 cm³/mol. The van der Waals surface area contributed by atoms with Gasteiger partial charge in [-0.15, -0.1) is 0 Å². The highest BCUT2D eigenvalue weighted by Gasteiger charge is 2.14. The van der Waals surface area contributed by atoms with Crippen LogP contribution in [0.25, 0.3) is 11.3 Å². The number of hydrogen-bond donors (Lipinski definition) is 3. The third-order valence-electron chi connectivity index (χ3n) is 3.35. The number of hydrogen-bond acceptors (Lipinski definition) is 4. The molecule has 0 saturated carbocycles. The average Bonchev–Trinajstić information content (AvgIpc) is 2.95. The number of aryl methyl sites for hydroxylation is 1. The molecule has 0 radical (unpaired) electrons. The van der Waals surface area contributed by atoms with Crippen LogP contribution in [0, 0.1) is 0 Å². The van der Waals surface area contributed by atoms with Gasteiger partial charge >= 0.3 is 0 Å². The van der Waals surface area contributed by atoms with E-state index in [4.69, 9.17) is 10.5 Å². The second-order valence-corrected chi connectivity index (χ2v) is 4.71.